The highest BCUT2D eigenvalue weighted by Crippen LogP contribution is 2.11. The van der Waals surface area contributed by atoms with Gasteiger partial charge in [0, 0.05) is 12.6 Å². The maximum atomic E-state index is 12.7. The minimum Gasteiger partial charge on any atom is -0.491 e. The fourth-order valence-corrected chi connectivity index (χ4v) is 2.15. The Bertz CT molecular complexity index is 505. The zero-order valence-corrected chi connectivity index (χ0v) is 12.3. The predicted molar refractivity (Wildman–Crippen MR) is 81.2 cm³/mol. The molecule has 6 heteroatoms. The number of allylic oxidation sites excluding steroid dienone is 1. The predicted octanol–water partition coefficient (Wildman–Crippen LogP) is 1.97. The molecule has 22 heavy (non-hydrogen) atoms. The molecule has 0 saturated heterocycles. The third-order valence-corrected chi connectivity index (χ3v) is 3.36. The number of aliphatic hydroxyl groups is 1. The standard InChI is InChI=1S/C16H21FN2O3/c17-12-6-8-15(9-7-12)22-11-14(20)10-18-16(21)19-13-4-2-1-3-5-13/h1-2,6-9,13-14,20H,3-5,10-11H2,(H2,18,19,21). The maximum Gasteiger partial charge on any atom is 0.315 e. The fourth-order valence-electron chi connectivity index (χ4n) is 2.15. The van der Waals surface area contributed by atoms with Crippen molar-refractivity contribution in [2.24, 2.45) is 0 Å². The van der Waals surface area contributed by atoms with Crippen LogP contribution >= 0.6 is 0 Å². The van der Waals surface area contributed by atoms with Crippen LogP contribution in [-0.2, 0) is 0 Å². The summed E-state index contributed by atoms with van der Waals surface area (Å²) in [5, 5.41) is 15.2. The van der Waals surface area contributed by atoms with Gasteiger partial charge >= 0.3 is 6.03 Å². The summed E-state index contributed by atoms with van der Waals surface area (Å²) in [5.41, 5.74) is 0. The molecule has 0 fully saturated rings. The molecular formula is C16H21FN2O3. The minimum atomic E-state index is -0.831. The van der Waals surface area contributed by atoms with E-state index >= 15 is 0 Å². The van der Waals surface area contributed by atoms with Crippen molar-refractivity contribution < 1.29 is 19.0 Å². The van der Waals surface area contributed by atoms with Crippen molar-refractivity contribution in [2.45, 2.75) is 31.4 Å². The Balaban J connectivity index is 1.62. The zero-order chi connectivity index (χ0) is 15.8. The molecule has 1 aliphatic rings. The van der Waals surface area contributed by atoms with Crippen LogP contribution in [0.4, 0.5) is 9.18 Å². The Hall–Kier alpha value is -2.08. The van der Waals surface area contributed by atoms with Crippen molar-refractivity contribution in [3.8, 4) is 5.75 Å². The number of nitrogens with one attached hydrogen (secondary N) is 2. The van der Waals surface area contributed by atoms with Crippen LogP contribution in [0.3, 0.4) is 0 Å². The first kappa shape index (κ1) is 16.3. The summed E-state index contributed by atoms with van der Waals surface area (Å²) in [6.07, 6.45) is 6.07. The molecule has 3 N–H and O–H groups in total. The molecule has 0 radical (unpaired) electrons. The molecule has 0 heterocycles. The summed E-state index contributed by atoms with van der Waals surface area (Å²) >= 11 is 0. The lowest BCUT2D eigenvalue weighted by Crippen LogP contribution is -2.45. The normalized spacial score (nSPS) is 18.5. The first-order chi connectivity index (χ1) is 10.6. The lowest BCUT2D eigenvalue weighted by atomic mass is 10.0. The first-order valence-electron chi connectivity index (χ1n) is 7.39. The molecule has 0 bridgehead atoms. The SMILES string of the molecule is O=C(NCC(O)COc1ccc(F)cc1)NC1CC=CCC1. The second kappa shape index (κ2) is 8.38. The number of aliphatic hydroxyl groups excluding tert-OH is 1. The summed E-state index contributed by atoms with van der Waals surface area (Å²) in [5.74, 6) is 0.127. The van der Waals surface area contributed by atoms with Gasteiger partial charge in [0.05, 0.1) is 0 Å². The average Bonchev–Trinajstić information content (AvgIpc) is 2.53. The number of ether oxygens (including phenoxy) is 1. The molecule has 0 aliphatic heterocycles. The van der Waals surface area contributed by atoms with E-state index in [2.05, 4.69) is 22.8 Å². The molecule has 120 valence electrons. The number of carbonyl (C=O) groups excluding carboxylic acids is 1. The number of urea groups is 1. The highest BCUT2D eigenvalue weighted by molar-refractivity contribution is 5.74. The second-order valence-electron chi connectivity index (χ2n) is 5.25. The molecule has 1 aromatic rings. The lowest BCUT2D eigenvalue weighted by molar-refractivity contribution is 0.107. The van der Waals surface area contributed by atoms with E-state index in [9.17, 15) is 14.3 Å². The van der Waals surface area contributed by atoms with Gasteiger partial charge in [-0.25, -0.2) is 9.18 Å². The van der Waals surface area contributed by atoms with Gasteiger partial charge in [-0.3, -0.25) is 0 Å². The number of hydrogen-bond acceptors (Lipinski definition) is 3. The summed E-state index contributed by atoms with van der Waals surface area (Å²) in [7, 11) is 0. The summed E-state index contributed by atoms with van der Waals surface area (Å²) in [6, 6.07) is 5.40. The van der Waals surface area contributed by atoms with E-state index < -0.39 is 6.10 Å². The summed E-state index contributed by atoms with van der Waals surface area (Å²) in [6.45, 7) is 0.119. The van der Waals surface area contributed by atoms with Crippen LogP contribution in [0.25, 0.3) is 0 Å². The van der Waals surface area contributed by atoms with E-state index in [1.165, 1.54) is 24.3 Å². The van der Waals surface area contributed by atoms with Crippen LogP contribution in [0.1, 0.15) is 19.3 Å². The lowest BCUT2D eigenvalue weighted by Gasteiger charge is -2.20. The molecule has 0 aromatic heterocycles. The molecule has 1 aromatic carbocycles. The number of benzene rings is 1. The number of hydrogen-bond donors (Lipinski definition) is 3. The molecule has 1 aliphatic carbocycles. The molecule has 2 unspecified atom stereocenters. The summed E-state index contributed by atoms with van der Waals surface area (Å²) in [4.78, 5) is 11.7. The largest absolute Gasteiger partial charge is 0.491 e. The first-order valence-corrected chi connectivity index (χ1v) is 7.39. The van der Waals surface area contributed by atoms with Crippen LogP contribution in [-0.4, -0.2) is 36.4 Å². The molecule has 2 amide bonds. The number of rotatable bonds is 6. The Morgan fingerprint density at radius 1 is 1.36 bits per heavy atom. The van der Waals surface area contributed by atoms with Gasteiger partial charge in [0.1, 0.15) is 24.3 Å². The van der Waals surface area contributed by atoms with E-state index in [1.807, 2.05) is 0 Å². The van der Waals surface area contributed by atoms with Gasteiger partial charge in [-0.1, -0.05) is 12.2 Å². The third kappa shape index (κ3) is 5.73. The summed E-state index contributed by atoms with van der Waals surface area (Å²) < 4.78 is 18.0. The van der Waals surface area contributed by atoms with Crippen LogP contribution in [0, 0.1) is 5.82 Å². The highest BCUT2D eigenvalue weighted by Gasteiger charge is 2.13. The van der Waals surface area contributed by atoms with E-state index in [4.69, 9.17) is 4.74 Å². The van der Waals surface area contributed by atoms with Gasteiger partial charge in [0.25, 0.3) is 0 Å². The van der Waals surface area contributed by atoms with Crippen LogP contribution < -0.4 is 15.4 Å². The third-order valence-electron chi connectivity index (χ3n) is 3.36. The Morgan fingerprint density at radius 3 is 2.82 bits per heavy atom. The highest BCUT2D eigenvalue weighted by atomic mass is 19.1. The second-order valence-corrected chi connectivity index (χ2v) is 5.25. The van der Waals surface area contributed by atoms with Crippen LogP contribution in [0.5, 0.6) is 5.75 Å². The number of carbonyl (C=O) groups is 1. The van der Waals surface area contributed by atoms with Crippen molar-refractivity contribution in [2.75, 3.05) is 13.2 Å². The quantitative estimate of drug-likeness (QED) is 0.704. The van der Waals surface area contributed by atoms with E-state index in [0.717, 1.165) is 19.3 Å². The number of halogens is 1. The van der Waals surface area contributed by atoms with Crippen LogP contribution in [0.15, 0.2) is 36.4 Å². The van der Waals surface area contributed by atoms with Crippen molar-refractivity contribution >= 4 is 6.03 Å². The van der Waals surface area contributed by atoms with Crippen molar-refractivity contribution in [1.29, 1.82) is 0 Å². The van der Waals surface area contributed by atoms with Gasteiger partial charge in [-0.05, 0) is 43.5 Å². The minimum absolute atomic E-state index is 0.0259. The molecule has 2 rings (SSSR count). The Morgan fingerprint density at radius 2 is 2.14 bits per heavy atom. The number of amides is 2. The smallest absolute Gasteiger partial charge is 0.315 e. The Kier molecular flexibility index (Phi) is 6.21. The zero-order valence-electron chi connectivity index (χ0n) is 12.3. The molecular weight excluding hydrogens is 287 g/mol. The fraction of sp³-hybridized carbons (Fsp3) is 0.438. The maximum absolute atomic E-state index is 12.7. The monoisotopic (exact) mass is 308 g/mol. The van der Waals surface area contributed by atoms with Gasteiger partial charge in [0.15, 0.2) is 0 Å². The van der Waals surface area contributed by atoms with E-state index in [0.29, 0.717) is 5.75 Å². The molecule has 0 spiro atoms. The molecule has 2 atom stereocenters. The topological polar surface area (TPSA) is 70.6 Å². The van der Waals surface area contributed by atoms with Crippen molar-refractivity contribution in [3.63, 3.8) is 0 Å². The van der Waals surface area contributed by atoms with Crippen molar-refractivity contribution in [3.05, 3.63) is 42.2 Å². The Labute approximate surface area is 129 Å². The van der Waals surface area contributed by atoms with Gasteiger partial charge in [-0.15, -0.1) is 0 Å². The van der Waals surface area contributed by atoms with Crippen molar-refractivity contribution in [1.82, 2.24) is 10.6 Å². The average molecular weight is 308 g/mol. The van der Waals surface area contributed by atoms with Crippen LogP contribution in [0.2, 0.25) is 0 Å². The van der Waals surface area contributed by atoms with E-state index in [-0.39, 0.29) is 31.0 Å². The molecule has 5 nitrogen and oxygen atoms in total. The van der Waals surface area contributed by atoms with Gasteiger partial charge < -0.3 is 20.5 Å². The van der Waals surface area contributed by atoms with Gasteiger partial charge in [-0.2, -0.15) is 0 Å². The van der Waals surface area contributed by atoms with Gasteiger partial charge in [0.2, 0.25) is 0 Å². The molecule has 0 saturated carbocycles. The van der Waals surface area contributed by atoms with E-state index in [1.54, 1.807) is 0 Å².